The summed E-state index contributed by atoms with van der Waals surface area (Å²) in [5, 5.41) is 9.62. The van der Waals surface area contributed by atoms with E-state index in [4.69, 9.17) is 0 Å². The van der Waals surface area contributed by atoms with Crippen molar-refractivity contribution in [3.05, 3.63) is 32.8 Å². The standard InChI is InChI=1S/C12H12Br2N2.BrH/c1-2-3-4-11-12(14)9-7-8(13)5-6-10(9)15-16-11;/h5-7H,2-4H2,1H3;1H. The van der Waals surface area contributed by atoms with Crippen LogP contribution in [0.1, 0.15) is 25.5 Å². The summed E-state index contributed by atoms with van der Waals surface area (Å²) >= 11 is 7.10. The first-order chi connectivity index (χ1) is 7.72. The lowest BCUT2D eigenvalue weighted by Gasteiger charge is -2.05. The molecule has 0 atom stereocenters. The first-order valence-corrected chi connectivity index (χ1v) is 6.91. The highest BCUT2D eigenvalue weighted by atomic mass is 79.9. The van der Waals surface area contributed by atoms with Crippen molar-refractivity contribution in [2.45, 2.75) is 26.2 Å². The summed E-state index contributed by atoms with van der Waals surface area (Å²) in [5.74, 6) is 0. The van der Waals surface area contributed by atoms with E-state index in [1.807, 2.05) is 12.1 Å². The molecular formula is C12H13Br3N2. The van der Waals surface area contributed by atoms with Gasteiger partial charge in [-0.15, -0.1) is 17.0 Å². The zero-order chi connectivity index (χ0) is 11.5. The molecule has 0 spiro atoms. The summed E-state index contributed by atoms with van der Waals surface area (Å²) in [4.78, 5) is 0. The van der Waals surface area contributed by atoms with Crippen molar-refractivity contribution in [2.24, 2.45) is 0 Å². The Morgan fingerprint density at radius 2 is 1.94 bits per heavy atom. The van der Waals surface area contributed by atoms with Gasteiger partial charge >= 0.3 is 0 Å². The molecule has 0 N–H and O–H groups in total. The predicted molar refractivity (Wildman–Crippen MR) is 83.9 cm³/mol. The third-order valence-electron chi connectivity index (χ3n) is 2.49. The summed E-state index contributed by atoms with van der Waals surface area (Å²) in [6, 6.07) is 6.03. The Morgan fingerprint density at radius 3 is 2.65 bits per heavy atom. The fourth-order valence-corrected chi connectivity index (χ4v) is 2.55. The number of benzene rings is 1. The van der Waals surface area contributed by atoms with Gasteiger partial charge in [-0.2, -0.15) is 10.2 Å². The van der Waals surface area contributed by atoms with Crippen LogP contribution in [0.25, 0.3) is 10.9 Å². The summed E-state index contributed by atoms with van der Waals surface area (Å²) < 4.78 is 2.14. The van der Waals surface area contributed by atoms with Gasteiger partial charge in [0, 0.05) is 9.86 Å². The van der Waals surface area contributed by atoms with Crippen molar-refractivity contribution in [1.29, 1.82) is 0 Å². The molecule has 0 saturated heterocycles. The summed E-state index contributed by atoms with van der Waals surface area (Å²) in [6.07, 6.45) is 3.30. The van der Waals surface area contributed by atoms with Gasteiger partial charge in [-0.05, 0) is 47.0 Å². The van der Waals surface area contributed by atoms with Gasteiger partial charge in [0.2, 0.25) is 0 Å². The number of nitrogens with zero attached hydrogens (tertiary/aromatic N) is 2. The number of aromatic nitrogens is 2. The van der Waals surface area contributed by atoms with Crippen LogP contribution in [0.5, 0.6) is 0 Å². The quantitative estimate of drug-likeness (QED) is 0.687. The molecule has 0 fully saturated rings. The van der Waals surface area contributed by atoms with E-state index < -0.39 is 0 Å². The lowest BCUT2D eigenvalue weighted by Crippen LogP contribution is -1.96. The van der Waals surface area contributed by atoms with E-state index in [0.29, 0.717) is 0 Å². The van der Waals surface area contributed by atoms with Crippen LogP contribution in [0.4, 0.5) is 0 Å². The lowest BCUT2D eigenvalue weighted by molar-refractivity contribution is 0.761. The molecule has 2 nitrogen and oxygen atoms in total. The smallest absolute Gasteiger partial charge is 0.0942 e. The number of rotatable bonds is 3. The van der Waals surface area contributed by atoms with Crippen LogP contribution in [0, 0.1) is 0 Å². The number of hydrogen-bond donors (Lipinski definition) is 0. The third-order valence-corrected chi connectivity index (χ3v) is 3.87. The zero-order valence-electron chi connectivity index (χ0n) is 9.41. The van der Waals surface area contributed by atoms with Gasteiger partial charge in [0.15, 0.2) is 0 Å². The highest BCUT2D eigenvalue weighted by Gasteiger charge is 2.07. The molecular weight excluding hydrogens is 412 g/mol. The zero-order valence-corrected chi connectivity index (χ0v) is 14.3. The predicted octanol–water partition coefficient (Wildman–Crippen LogP) is 5.08. The summed E-state index contributed by atoms with van der Waals surface area (Å²) in [7, 11) is 0. The maximum Gasteiger partial charge on any atom is 0.0942 e. The fraction of sp³-hybridized carbons (Fsp3) is 0.333. The normalized spacial score (nSPS) is 10.3. The molecule has 17 heavy (non-hydrogen) atoms. The molecule has 2 rings (SSSR count). The van der Waals surface area contributed by atoms with Crippen LogP contribution >= 0.6 is 48.8 Å². The Balaban J connectivity index is 0.00000144. The first kappa shape index (κ1) is 15.1. The van der Waals surface area contributed by atoms with Crippen LogP contribution in [-0.2, 0) is 6.42 Å². The van der Waals surface area contributed by atoms with E-state index in [2.05, 4.69) is 55.0 Å². The molecule has 5 heteroatoms. The van der Waals surface area contributed by atoms with Gasteiger partial charge in [-0.1, -0.05) is 29.3 Å². The molecule has 0 bridgehead atoms. The molecule has 1 heterocycles. The van der Waals surface area contributed by atoms with Crippen molar-refractivity contribution >= 4 is 59.7 Å². The van der Waals surface area contributed by atoms with Crippen LogP contribution in [-0.4, -0.2) is 10.2 Å². The van der Waals surface area contributed by atoms with Crippen molar-refractivity contribution in [3.63, 3.8) is 0 Å². The SMILES string of the molecule is Br.CCCCc1nnc2ccc(Br)cc2c1Br. The Bertz CT molecular complexity index is 514. The minimum absolute atomic E-state index is 0. The number of aryl methyl sites for hydroxylation is 1. The third kappa shape index (κ3) is 3.48. The van der Waals surface area contributed by atoms with E-state index in [1.165, 1.54) is 6.42 Å². The highest BCUT2D eigenvalue weighted by molar-refractivity contribution is 9.11. The molecule has 1 aromatic heterocycles. The topological polar surface area (TPSA) is 25.8 Å². The lowest BCUT2D eigenvalue weighted by atomic mass is 10.1. The van der Waals surface area contributed by atoms with Crippen LogP contribution in [0.2, 0.25) is 0 Å². The maximum atomic E-state index is 4.26. The monoisotopic (exact) mass is 422 g/mol. The second kappa shape index (κ2) is 6.81. The molecule has 0 saturated carbocycles. The molecule has 0 aliphatic heterocycles. The Kier molecular flexibility index (Phi) is 6.03. The minimum Gasteiger partial charge on any atom is -0.154 e. The molecule has 0 radical (unpaired) electrons. The summed E-state index contributed by atoms with van der Waals surface area (Å²) in [5.41, 5.74) is 1.97. The van der Waals surface area contributed by atoms with E-state index in [-0.39, 0.29) is 17.0 Å². The van der Waals surface area contributed by atoms with Crippen molar-refractivity contribution in [1.82, 2.24) is 10.2 Å². The first-order valence-electron chi connectivity index (χ1n) is 5.32. The van der Waals surface area contributed by atoms with Gasteiger partial charge < -0.3 is 0 Å². The van der Waals surface area contributed by atoms with Gasteiger partial charge in [0.25, 0.3) is 0 Å². The summed E-state index contributed by atoms with van der Waals surface area (Å²) in [6.45, 7) is 2.18. The molecule has 1 aromatic carbocycles. The number of halogens is 3. The second-order valence-corrected chi connectivity index (χ2v) is 5.43. The van der Waals surface area contributed by atoms with Crippen molar-refractivity contribution < 1.29 is 0 Å². The van der Waals surface area contributed by atoms with Crippen LogP contribution in [0.3, 0.4) is 0 Å². The van der Waals surface area contributed by atoms with E-state index >= 15 is 0 Å². The van der Waals surface area contributed by atoms with Crippen molar-refractivity contribution in [3.8, 4) is 0 Å². The van der Waals surface area contributed by atoms with Crippen LogP contribution < -0.4 is 0 Å². The Hall–Kier alpha value is -0.000000000000000111. The minimum atomic E-state index is 0. The number of fused-ring (bicyclic) bond motifs is 1. The molecule has 2 aromatic rings. The largest absolute Gasteiger partial charge is 0.154 e. The average Bonchev–Trinajstić information content (AvgIpc) is 2.29. The molecule has 0 aliphatic rings. The Labute approximate surface area is 128 Å². The van der Waals surface area contributed by atoms with Gasteiger partial charge in [0.05, 0.1) is 15.7 Å². The van der Waals surface area contributed by atoms with E-state index in [9.17, 15) is 0 Å². The maximum absolute atomic E-state index is 4.26. The second-order valence-electron chi connectivity index (χ2n) is 3.73. The Morgan fingerprint density at radius 1 is 1.18 bits per heavy atom. The average molecular weight is 425 g/mol. The molecule has 0 aliphatic carbocycles. The van der Waals surface area contributed by atoms with Gasteiger partial charge in [0.1, 0.15) is 0 Å². The van der Waals surface area contributed by atoms with Gasteiger partial charge in [-0.25, -0.2) is 0 Å². The number of hydrogen-bond acceptors (Lipinski definition) is 2. The fourth-order valence-electron chi connectivity index (χ4n) is 1.59. The molecule has 0 amide bonds. The van der Waals surface area contributed by atoms with Crippen LogP contribution in [0.15, 0.2) is 27.1 Å². The molecule has 0 unspecified atom stereocenters. The number of unbranched alkanes of at least 4 members (excludes halogenated alkanes) is 1. The highest BCUT2D eigenvalue weighted by Crippen LogP contribution is 2.28. The molecule has 92 valence electrons. The van der Waals surface area contributed by atoms with Gasteiger partial charge in [-0.3, -0.25) is 0 Å². The van der Waals surface area contributed by atoms with E-state index in [1.54, 1.807) is 0 Å². The van der Waals surface area contributed by atoms with E-state index in [0.717, 1.165) is 38.4 Å². The van der Waals surface area contributed by atoms with Crippen molar-refractivity contribution in [2.75, 3.05) is 0 Å².